The Balaban J connectivity index is 2.12. The van der Waals surface area contributed by atoms with Gasteiger partial charge in [0.05, 0.1) is 0 Å². The first-order valence-corrected chi connectivity index (χ1v) is 5.32. The van der Waals surface area contributed by atoms with E-state index in [2.05, 4.69) is 10.3 Å². The minimum atomic E-state index is -1.10. The molecule has 0 atom stereocenters. The fraction of sp³-hybridized carbons (Fsp3) is 0.250. The van der Waals surface area contributed by atoms with Gasteiger partial charge in [0.15, 0.2) is 0 Å². The van der Waals surface area contributed by atoms with Gasteiger partial charge in [0.2, 0.25) is 5.91 Å². The number of carbonyl (C=O) groups excluding carboxylic acids is 1. The molecule has 2 rings (SSSR count). The fourth-order valence-corrected chi connectivity index (χ4v) is 1.73. The lowest BCUT2D eigenvalue weighted by molar-refractivity contribution is -0.119. The molecule has 0 bridgehead atoms. The van der Waals surface area contributed by atoms with E-state index in [0.717, 1.165) is 0 Å². The Morgan fingerprint density at radius 3 is 2.71 bits per heavy atom. The average molecular weight is 232 g/mol. The van der Waals surface area contributed by atoms with Crippen molar-refractivity contribution in [1.82, 2.24) is 4.98 Å². The lowest BCUT2D eigenvalue weighted by atomic mass is 10.1. The highest BCUT2D eigenvalue weighted by Crippen LogP contribution is 2.20. The molecule has 1 amide bonds. The molecule has 1 heterocycles. The molecule has 5 nitrogen and oxygen atoms in total. The standard InChI is InChI=1S/C12H12N2O3/c15-11(8-4-1-2-5-8)14-10-9(12(16)17)6-3-7-13-10/h1-3,6-8H,4-5H2,(H,16,17)(H,13,14,15). The van der Waals surface area contributed by atoms with Crippen LogP contribution < -0.4 is 5.32 Å². The van der Waals surface area contributed by atoms with Gasteiger partial charge >= 0.3 is 5.97 Å². The molecule has 88 valence electrons. The Kier molecular flexibility index (Phi) is 3.18. The smallest absolute Gasteiger partial charge is 0.339 e. The summed E-state index contributed by atoms with van der Waals surface area (Å²) in [6.07, 6.45) is 6.73. The Hall–Kier alpha value is -2.17. The predicted octanol–water partition coefficient (Wildman–Crippen LogP) is 1.68. The van der Waals surface area contributed by atoms with Gasteiger partial charge in [-0.25, -0.2) is 9.78 Å². The SMILES string of the molecule is O=C(O)c1cccnc1NC(=O)C1CC=CC1. The molecular weight excluding hydrogens is 220 g/mol. The number of aromatic nitrogens is 1. The number of hydrogen-bond donors (Lipinski definition) is 2. The molecule has 0 fully saturated rings. The maximum absolute atomic E-state index is 11.8. The van der Waals surface area contributed by atoms with Crippen LogP contribution >= 0.6 is 0 Å². The van der Waals surface area contributed by atoms with Gasteiger partial charge in [0.1, 0.15) is 11.4 Å². The number of carboxylic acids is 1. The number of nitrogens with one attached hydrogen (secondary N) is 1. The molecule has 1 aliphatic rings. The Labute approximate surface area is 98.2 Å². The lowest BCUT2D eigenvalue weighted by Gasteiger charge is -2.11. The van der Waals surface area contributed by atoms with E-state index in [1.807, 2.05) is 12.2 Å². The number of nitrogens with zero attached hydrogens (tertiary/aromatic N) is 1. The van der Waals surface area contributed by atoms with Crippen LogP contribution in [0.3, 0.4) is 0 Å². The molecule has 1 aromatic rings. The molecule has 0 saturated carbocycles. The van der Waals surface area contributed by atoms with Crippen LogP contribution in [0.25, 0.3) is 0 Å². The average Bonchev–Trinajstić information content (AvgIpc) is 2.83. The minimum absolute atomic E-state index is 0.00630. The number of carboxylic acid groups (broad SMARTS) is 1. The molecule has 0 aliphatic heterocycles. The highest BCUT2D eigenvalue weighted by atomic mass is 16.4. The zero-order chi connectivity index (χ0) is 12.3. The summed E-state index contributed by atoms with van der Waals surface area (Å²) >= 11 is 0. The molecule has 1 aromatic heterocycles. The second-order valence-corrected chi connectivity index (χ2v) is 3.83. The number of rotatable bonds is 3. The number of anilines is 1. The number of allylic oxidation sites excluding steroid dienone is 2. The zero-order valence-electron chi connectivity index (χ0n) is 9.09. The summed E-state index contributed by atoms with van der Waals surface area (Å²) in [4.78, 5) is 26.6. The lowest BCUT2D eigenvalue weighted by Crippen LogP contribution is -2.22. The van der Waals surface area contributed by atoms with Crippen molar-refractivity contribution in [1.29, 1.82) is 0 Å². The Morgan fingerprint density at radius 1 is 1.35 bits per heavy atom. The minimum Gasteiger partial charge on any atom is -0.478 e. The molecule has 0 unspecified atom stereocenters. The molecule has 5 heteroatoms. The molecule has 0 aromatic carbocycles. The van der Waals surface area contributed by atoms with Crippen molar-refractivity contribution >= 4 is 17.7 Å². The first kappa shape index (κ1) is 11.3. The van der Waals surface area contributed by atoms with E-state index in [1.54, 1.807) is 0 Å². The van der Waals surface area contributed by atoms with E-state index in [0.29, 0.717) is 12.8 Å². The van der Waals surface area contributed by atoms with Gasteiger partial charge in [0.25, 0.3) is 0 Å². The molecular formula is C12H12N2O3. The normalized spacial score (nSPS) is 14.8. The largest absolute Gasteiger partial charge is 0.478 e. The number of carbonyl (C=O) groups is 2. The number of hydrogen-bond acceptors (Lipinski definition) is 3. The van der Waals surface area contributed by atoms with Gasteiger partial charge in [-0.15, -0.1) is 0 Å². The Bertz CT molecular complexity index is 474. The van der Waals surface area contributed by atoms with Gasteiger partial charge < -0.3 is 10.4 Å². The second kappa shape index (κ2) is 4.78. The van der Waals surface area contributed by atoms with E-state index in [1.165, 1.54) is 18.3 Å². The third-order valence-corrected chi connectivity index (χ3v) is 2.66. The van der Waals surface area contributed by atoms with Crippen LogP contribution in [-0.2, 0) is 4.79 Å². The van der Waals surface area contributed by atoms with Crippen LogP contribution in [0.1, 0.15) is 23.2 Å². The fourth-order valence-electron chi connectivity index (χ4n) is 1.73. The second-order valence-electron chi connectivity index (χ2n) is 3.83. The van der Waals surface area contributed by atoms with Crippen LogP contribution in [0.4, 0.5) is 5.82 Å². The van der Waals surface area contributed by atoms with Crippen molar-refractivity contribution in [3.63, 3.8) is 0 Å². The summed E-state index contributed by atoms with van der Waals surface area (Å²) < 4.78 is 0. The van der Waals surface area contributed by atoms with E-state index in [9.17, 15) is 9.59 Å². The van der Waals surface area contributed by atoms with Crippen LogP contribution in [0, 0.1) is 5.92 Å². The van der Waals surface area contributed by atoms with Crippen molar-refractivity contribution < 1.29 is 14.7 Å². The third kappa shape index (κ3) is 2.50. The molecule has 0 radical (unpaired) electrons. The molecule has 0 spiro atoms. The summed E-state index contributed by atoms with van der Waals surface area (Å²) in [5.41, 5.74) is 0.00630. The number of aromatic carboxylic acids is 1. The van der Waals surface area contributed by atoms with Crippen LogP contribution in [-0.4, -0.2) is 22.0 Å². The predicted molar refractivity (Wildman–Crippen MR) is 61.7 cm³/mol. The first-order valence-electron chi connectivity index (χ1n) is 5.32. The molecule has 17 heavy (non-hydrogen) atoms. The van der Waals surface area contributed by atoms with Gasteiger partial charge in [-0.1, -0.05) is 12.2 Å². The maximum Gasteiger partial charge on any atom is 0.339 e. The summed E-state index contributed by atoms with van der Waals surface area (Å²) in [6, 6.07) is 2.94. The van der Waals surface area contributed by atoms with Crippen molar-refractivity contribution in [2.45, 2.75) is 12.8 Å². The summed E-state index contributed by atoms with van der Waals surface area (Å²) in [5.74, 6) is -1.29. The number of amides is 1. The van der Waals surface area contributed by atoms with Crippen LogP contribution in [0.2, 0.25) is 0 Å². The third-order valence-electron chi connectivity index (χ3n) is 2.66. The van der Waals surface area contributed by atoms with Crippen LogP contribution in [0.15, 0.2) is 30.5 Å². The van der Waals surface area contributed by atoms with Crippen molar-refractivity contribution in [3.05, 3.63) is 36.0 Å². The highest BCUT2D eigenvalue weighted by molar-refractivity contribution is 6.00. The maximum atomic E-state index is 11.8. The Morgan fingerprint density at radius 2 is 2.06 bits per heavy atom. The van der Waals surface area contributed by atoms with Gasteiger partial charge in [-0.05, 0) is 25.0 Å². The topological polar surface area (TPSA) is 79.3 Å². The molecule has 2 N–H and O–H groups in total. The van der Waals surface area contributed by atoms with Crippen molar-refractivity contribution in [2.24, 2.45) is 5.92 Å². The summed E-state index contributed by atoms with van der Waals surface area (Å²) in [6.45, 7) is 0. The molecule has 0 saturated heterocycles. The quantitative estimate of drug-likeness (QED) is 0.777. The van der Waals surface area contributed by atoms with Gasteiger partial charge in [-0.2, -0.15) is 0 Å². The first-order chi connectivity index (χ1) is 8.18. The monoisotopic (exact) mass is 232 g/mol. The molecule has 1 aliphatic carbocycles. The summed E-state index contributed by atoms with van der Waals surface area (Å²) in [5, 5.41) is 11.5. The number of pyridine rings is 1. The van der Waals surface area contributed by atoms with E-state index >= 15 is 0 Å². The highest BCUT2D eigenvalue weighted by Gasteiger charge is 2.21. The van der Waals surface area contributed by atoms with Crippen molar-refractivity contribution in [2.75, 3.05) is 5.32 Å². The zero-order valence-corrected chi connectivity index (χ0v) is 9.09. The van der Waals surface area contributed by atoms with E-state index < -0.39 is 5.97 Å². The van der Waals surface area contributed by atoms with Gasteiger partial charge in [-0.3, -0.25) is 4.79 Å². The van der Waals surface area contributed by atoms with E-state index in [4.69, 9.17) is 5.11 Å². The van der Waals surface area contributed by atoms with Crippen molar-refractivity contribution in [3.8, 4) is 0 Å². The van der Waals surface area contributed by atoms with E-state index in [-0.39, 0.29) is 23.2 Å². The van der Waals surface area contributed by atoms with Crippen LogP contribution in [0.5, 0.6) is 0 Å². The van der Waals surface area contributed by atoms with Gasteiger partial charge in [0, 0.05) is 12.1 Å². The summed E-state index contributed by atoms with van der Waals surface area (Å²) in [7, 11) is 0.